The summed E-state index contributed by atoms with van der Waals surface area (Å²) in [4.78, 5) is 20.3. The highest BCUT2D eigenvalue weighted by Gasteiger charge is 2.08. The van der Waals surface area contributed by atoms with Crippen LogP contribution in [0.15, 0.2) is 6.33 Å². The molecule has 1 aromatic rings. The lowest BCUT2D eigenvalue weighted by atomic mass is 10.5. The Kier molecular flexibility index (Phi) is 3.68. The molecule has 1 heterocycles. The number of anilines is 2. The summed E-state index contributed by atoms with van der Waals surface area (Å²) in [5.74, 6) is 0.467. The van der Waals surface area contributed by atoms with Crippen molar-refractivity contribution < 1.29 is 4.79 Å². The summed E-state index contributed by atoms with van der Waals surface area (Å²) in [6.45, 7) is 0.114. The van der Waals surface area contributed by atoms with Crippen LogP contribution in [0.3, 0.4) is 0 Å². The highest BCUT2D eigenvalue weighted by atomic mass is 35.5. The van der Waals surface area contributed by atoms with Crippen molar-refractivity contribution >= 4 is 29.1 Å². The summed E-state index contributed by atoms with van der Waals surface area (Å²) in [6.07, 6.45) is 1.28. The standard InChI is InChI=1S/C8H12ClN5O/c1-14(2)5(15)3-11-8-6(9)7(10)12-4-13-8/h4H,3H2,1-2H3,(H3,10,11,12,13). The molecule has 0 unspecified atom stereocenters. The van der Waals surface area contributed by atoms with Crippen LogP contribution in [0.2, 0.25) is 5.02 Å². The molecule has 3 N–H and O–H groups in total. The Bertz CT molecular complexity index is 368. The van der Waals surface area contributed by atoms with Gasteiger partial charge in [-0.1, -0.05) is 11.6 Å². The van der Waals surface area contributed by atoms with E-state index in [1.807, 2.05) is 0 Å². The maximum Gasteiger partial charge on any atom is 0.241 e. The second kappa shape index (κ2) is 4.79. The fourth-order valence-electron chi connectivity index (χ4n) is 0.824. The van der Waals surface area contributed by atoms with Gasteiger partial charge in [-0.3, -0.25) is 4.79 Å². The third-order valence-electron chi connectivity index (χ3n) is 1.72. The molecule has 0 atom stereocenters. The number of likely N-dealkylation sites (N-methyl/N-ethyl adjacent to an activating group) is 1. The number of hydrogen-bond donors (Lipinski definition) is 2. The molecule has 82 valence electrons. The Morgan fingerprint density at radius 3 is 2.87 bits per heavy atom. The van der Waals surface area contributed by atoms with Gasteiger partial charge in [0.1, 0.15) is 17.2 Å². The first-order valence-corrected chi connectivity index (χ1v) is 4.60. The fraction of sp³-hybridized carbons (Fsp3) is 0.375. The molecule has 1 amide bonds. The van der Waals surface area contributed by atoms with Crippen LogP contribution in [0.5, 0.6) is 0 Å². The molecule has 0 bridgehead atoms. The van der Waals surface area contributed by atoms with Gasteiger partial charge in [0.2, 0.25) is 5.91 Å². The molecule has 0 saturated heterocycles. The normalized spacial score (nSPS) is 9.80. The number of nitrogens with one attached hydrogen (secondary N) is 1. The minimum atomic E-state index is -0.0803. The SMILES string of the molecule is CN(C)C(=O)CNc1ncnc(N)c1Cl. The van der Waals surface area contributed by atoms with E-state index in [9.17, 15) is 4.79 Å². The number of nitrogens with two attached hydrogens (primary N) is 1. The molecule has 0 aliphatic carbocycles. The van der Waals surface area contributed by atoms with Gasteiger partial charge in [0, 0.05) is 14.1 Å². The molecule has 0 aromatic carbocycles. The van der Waals surface area contributed by atoms with E-state index in [0.29, 0.717) is 5.82 Å². The first-order valence-electron chi connectivity index (χ1n) is 4.22. The molecule has 0 saturated carbocycles. The van der Waals surface area contributed by atoms with E-state index in [4.69, 9.17) is 17.3 Å². The van der Waals surface area contributed by atoms with Crippen molar-refractivity contribution in [2.24, 2.45) is 0 Å². The first-order chi connectivity index (χ1) is 7.02. The van der Waals surface area contributed by atoms with Gasteiger partial charge in [0.15, 0.2) is 5.82 Å². The van der Waals surface area contributed by atoms with Crippen LogP contribution in [-0.4, -0.2) is 41.4 Å². The van der Waals surface area contributed by atoms with Crippen molar-refractivity contribution in [3.05, 3.63) is 11.3 Å². The van der Waals surface area contributed by atoms with Gasteiger partial charge in [-0.15, -0.1) is 0 Å². The van der Waals surface area contributed by atoms with Gasteiger partial charge in [0.25, 0.3) is 0 Å². The maximum absolute atomic E-state index is 11.3. The molecule has 1 rings (SSSR count). The van der Waals surface area contributed by atoms with E-state index in [1.54, 1.807) is 14.1 Å². The Labute approximate surface area is 92.4 Å². The number of nitrogen functional groups attached to an aromatic ring is 1. The van der Waals surface area contributed by atoms with Gasteiger partial charge in [0.05, 0.1) is 6.54 Å². The predicted molar refractivity (Wildman–Crippen MR) is 58.6 cm³/mol. The van der Waals surface area contributed by atoms with E-state index >= 15 is 0 Å². The number of halogens is 1. The predicted octanol–water partition coefficient (Wildman–Crippen LogP) is 0.212. The van der Waals surface area contributed by atoms with E-state index in [0.717, 1.165) is 0 Å². The first kappa shape index (κ1) is 11.5. The van der Waals surface area contributed by atoms with E-state index in [2.05, 4.69) is 15.3 Å². The number of carbonyl (C=O) groups excluding carboxylic acids is 1. The van der Waals surface area contributed by atoms with Gasteiger partial charge in [-0.2, -0.15) is 0 Å². The molecule has 0 aliphatic rings. The molecule has 0 radical (unpaired) electrons. The summed E-state index contributed by atoms with van der Waals surface area (Å²) in [5, 5.41) is 3.01. The molecule has 7 heteroatoms. The van der Waals surface area contributed by atoms with Gasteiger partial charge in [-0.05, 0) is 0 Å². The summed E-state index contributed by atoms with van der Waals surface area (Å²) >= 11 is 5.82. The average molecular weight is 230 g/mol. The maximum atomic E-state index is 11.3. The van der Waals surface area contributed by atoms with Gasteiger partial charge in [-0.25, -0.2) is 9.97 Å². The third-order valence-corrected chi connectivity index (χ3v) is 2.09. The minimum absolute atomic E-state index is 0.0803. The zero-order valence-electron chi connectivity index (χ0n) is 8.49. The van der Waals surface area contributed by atoms with Crippen LogP contribution in [0.4, 0.5) is 11.6 Å². The Hall–Kier alpha value is -1.56. The van der Waals surface area contributed by atoms with Crippen molar-refractivity contribution in [2.45, 2.75) is 0 Å². The average Bonchev–Trinajstić information content (AvgIpc) is 2.19. The van der Waals surface area contributed by atoms with Crippen LogP contribution in [-0.2, 0) is 4.79 Å². The van der Waals surface area contributed by atoms with E-state index in [-0.39, 0.29) is 23.3 Å². The Morgan fingerprint density at radius 1 is 1.60 bits per heavy atom. The van der Waals surface area contributed by atoms with Crippen molar-refractivity contribution in [3.8, 4) is 0 Å². The number of nitrogens with zero attached hydrogens (tertiary/aromatic N) is 3. The summed E-state index contributed by atoms with van der Waals surface area (Å²) in [6, 6.07) is 0. The van der Waals surface area contributed by atoms with Crippen LogP contribution in [0.25, 0.3) is 0 Å². The smallest absolute Gasteiger partial charge is 0.241 e. The van der Waals surface area contributed by atoms with Gasteiger partial charge >= 0.3 is 0 Å². The summed E-state index contributed by atoms with van der Waals surface area (Å²) < 4.78 is 0. The van der Waals surface area contributed by atoms with Crippen molar-refractivity contribution in [2.75, 3.05) is 31.7 Å². The van der Waals surface area contributed by atoms with E-state index in [1.165, 1.54) is 11.2 Å². The topological polar surface area (TPSA) is 84.1 Å². The van der Waals surface area contributed by atoms with Crippen molar-refractivity contribution in [1.29, 1.82) is 0 Å². The second-order valence-electron chi connectivity index (χ2n) is 3.06. The summed E-state index contributed by atoms with van der Waals surface area (Å²) in [7, 11) is 3.33. The van der Waals surface area contributed by atoms with Crippen LogP contribution in [0.1, 0.15) is 0 Å². The monoisotopic (exact) mass is 229 g/mol. The lowest BCUT2D eigenvalue weighted by Gasteiger charge is -2.12. The molecule has 1 aromatic heterocycles. The van der Waals surface area contributed by atoms with Crippen molar-refractivity contribution in [3.63, 3.8) is 0 Å². The van der Waals surface area contributed by atoms with Crippen LogP contribution in [0, 0.1) is 0 Å². The molecule has 0 aliphatic heterocycles. The molecular weight excluding hydrogens is 218 g/mol. The highest BCUT2D eigenvalue weighted by molar-refractivity contribution is 6.35. The summed E-state index contributed by atoms with van der Waals surface area (Å²) in [5.41, 5.74) is 5.47. The van der Waals surface area contributed by atoms with Crippen LogP contribution >= 0.6 is 11.6 Å². The molecule has 0 fully saturated rings. The Balaban J connectivity index is 2.66. The molecule has 0 spiro atoms. The highest BCUT2D eigenvalue weighted by Crippen LogP contribution is 2.22. The fourth-order valence-corrected chi connectivity index (χ4v) is 0.989. The third kappa shape index (κ3) is 2.95. The van der Waals surface area contributed by atoms with Crippen molar-refractivity contribution in [1.82, 2.24) is 14.9 Å². The number of aromatic nitrogens is 2. The minimum Gasteiger partial charge on any atom is -0.382 e. The molecule has 15 heavy (non-hydrogen) atoms. The largest absolute Gasteiger partial charge is 0.382 e. The lowest BCUT2D eigenvalue weighted by molar-refractivity contribution is -0.126. The molecular formula is C8H12ClN5O. The number of rotatable bonds is 3. The van der Waals surface area contributed by atoms with Crippen LogP contribution < -0.4 is 11.1 Å². The quantitative estimate of drug-likeness (QED) is 0.774. The zero-order chi connectivity index (χ0) is 11.4. The molecule has 6 nitrogen and oxygen atoms in total. The Morgan fingerprint density at radius 2 is 2.27 bits per heavy atom. The van der Waals surface area contributed by atoms with Gasteiger partial charge < -0.3 is 16.0 Å². The number of hydrogen-bond acceptors (Lipinski definition) is 5. The second-order valence-corrected chi connectivity index (χ2v) is 3.44. The van der Waals surface area contributed by atoms with E-state index < -0.39 is 0 Å². The number of amides is 1. The number of carbonyl (C=O) groups is 1. The zero-order valence-corrected chi connectivity index (χ0v) is 9.25. The lowest BCUT2D eigenvalue weighted by Crippen LogP contribution is -2.28.